The van der Waals surface area contributed by atoms with E-state index in [9.17, 15) is 13.2 Å². The molecule has 0 aromatic heterocycles. The molecule has 0 saturated heterocycles. The van der Waals surface area contributed by atoms with Gasteiger partial charge in [0, 0.05) is 0 Å². The Morgan fingerprint density at radius 2 is 2.00 bits per heavy atom. The van der Waals surface area contributed by atoms with Gasteiger partial charge in [-0.25, -0.2) is 8.42 Å². The summed E-state index contributed by atoms with van der Waals surface area (Å²) in [5, 5.41) is 0. The lowest BCUT2D eigenvalue weighted by Gasteiger charge is -2.06. The van der Waals surface area contributed by atoms with Crippen LogP contribution in [-0.2, 0) is 10.0 Å². The third-order valence-corrected chi connectivity index (χ3v) is 3.10. The Morgan fingerprint density at radius 1 is 1.38 bits per heavy atom. The highest BCUT2D eigenvalue weighted by Gasteiger charge is 2.19. The molecule has 0 aliphatic rings. The zero-order valence-corrected chi connectivity index (χ0v) is 9.82. The first-order valence-electron chi connectivity index (χ1n) is 4.63. The number of benzene rings is 1. The average molecular weight is 242 g/mol. The number of nitrogens with zero attached hydrogens (tertiary/aromatic N) is 1. The number of hydrogen-bond acceptors (Lipinski definition) is 4. The molecule has 1 rings (SSSR count). The summed E-state index contributed by atoms with van der Waals surface area (Å²) in [6.07, 6.45) is 0. The summed E-state index contributed by atoms with van der Waals surface area (Å²) in [4.78, 5) is 11.6. The summed E-state index contributed by atoms with van der Waals surface area (Å²) in [5.74, 6) is -0.699. The van der Waals surface area contributed by atoms with Crippen molar-refractivity contribution in [3.8, 4) is 5.75 Å². The normalized spacial score (nSPS) is 10.9. The van der Waals surface area contributed by atoms with E-state index in [1.165, 1.54) is 20.1 Å². The van der Waals surface area contributed by atoms with Crippen molar-refractivity contribution in [2.45, 2.75) is 6.92 Å². The van der Waals surface area contributed by atoms with Gasteiger partial charge in [0.2, 0.25) is 0 Å². The first kappa shape index (κ1) is 12.5. The average Bonchev–Trinajstić information content (AvgIpc) is 2.28. The van der Waals surface area contributed by atoms with Crippen LogP contribution in [0.4, 0.5) is 0 Å². The molecular formula is C10H12NO4S. The molecule has 1 aromatic rings. The summed E-state index contributed by atoms with van der Waals surface area (Å²) < 4.78 is 30.4. The highest BCUT2D eigenvalue weighted by Crippen LogP contribution is 2.17. The van der Waals surface area contributed by atoms with Gasteiger partial charge >= 0.3 is 0 Å². The lowest BCUT2D eigenvalue weighted by atomic mass is 10.2. The maximum absolute atomic E-state index is 11.6. The molecule has 0 atom stereocenters. The van der Waals surface area contributed by atoms with Gasteiger partial charge in [0.25, 0.3) is 15.9 Å². The second-order valence-electron chi connectivity index (χ2n) is 2.97. The summed E-state index contributed by atoms with van der Waals surface area (Å²) in [5.41, 5.74) is 0.141. The standard InChI is InChI=1S/C10H12NO4S/c1-3-16(13,14)11-10(12)8-6-4-5-7-9(8)15-2/h4-7H,3H2,1-2H3. The van der Waals surface area contributed by atoms with E-state index in [4.69, 9.17) is 4.74 Å². The van der Waals surface area contributed by atoms with Crippen molar-refractivity contribution in [3.63, 3.8) is 0 Å². The fourth-order valence-corrected chi connectivity index (χ4v) is 1.54. The van der Waals surface area contributed by atoms with Crippen LogP contribution < -0.4 is 9.46 Å². The Labute approximate surface area is 94.5 Å². The van der Waals surface area contributed by atoms with Crippen molar-refractivity contribution in [2.24, 2.45) is 0 Å². The van der Waals surface area contributed by atoms with E-state index in [1.807, 2.05) is 0 Å². The van der Waals surface area contributed by atoms with Crippen LogP contribution >= 0.6 is 0 Å². The minimum atomic E-state index is -3.67. The van der Waals surface area contributed by atoms with Crippen LogP contribution in [0.25, 0.3) is 0 Å². The lowest BCUT2D eigenvalue weighted by Crippen LogP contribution is -2.25. The molecule has 0 saturated carbocycles. The molecule has 6 heteroatoms. The first-order chi connectivity index (χ1) is 7.50. The molecule has 0 bridgehead atoms. The predicted molar refractivity (Wildman–Crippen MR) is 58.9 cm³/mol. The highest BCUT2D eigenvalue weighted by molar-refractivity contribution is 7.89. The van der Waals surface area contributed by atoms with E-state index in [-0.39, 0.29) is 11.3 Å². The van der Waals surface area contributed by atoms with E-state index < -0.39 is 15.9 Å². The van der Waals surface area contributed by atoms with E-state index in [0.717, 1.165) is 0 Å². The molecule has 0 aliphatic carbocycles. The Morgan fingerprint density at radius 3 is 2.56 bits per heavy atom. The largest absolute Gasteiger partial charge is 0.496 e. The molecule has 1 aromatic carbocycles. The van der Waals surface area contributed by atoms with Crippen molar-refractivity contribution >= 4 is 15.9 Å². The van der Waals surface area contributed by atoms with Crippen LogP contribution in [0.5, 0.6) is 5.75 Å². The van der Waals surface area contributed by atoms with E-state index in [1.54, 1.807) is 18.2 Å². The number of para-hydroxylation sites is 1. The Hall–Kier alpha value is -1.56. The molecule has 0 aliphatic heterocycles. The molecular weight excluding hydrogens is 230 g/mol. The Kier molecular flexibility index (Phi) is 3.89. The maximum Gasteiger partial charge on any atom is 0.291 e. The van der Waals surface area contributed by atoms with Gasteiger partial charge in [0.1, 0.15) is 5.75 Å². The first-order valence-corrected chi connectivity index (χ1v) is 6.24. The number of carbonyl (C=O) groups is 1. The van der Waals surface area contributed by atoms with Gasteiger partial charge < -0.3 is 4.74 Å². The van der Waals surface area contributed by atoms with Gasteiger partial charge in [0.15, 0.2) is 0 Å². The maximum atomic E-state index is 11.6. The molecule has 16 heavy (non-hydrogen) atoms. The van der Waals surface area contributed by atoms with Gasteiger partial charge in [0.05, 0.1) is 18.4 Å². The Bertz CT molecular complexity index is 481. The number of methoxy groups -OCH3 is 1. The summed E-state index contributed by atoms with van der Waals surface area (Å²) in [6.45, 7) is 1.42. The monoisotopic (exact) mass is 242 g/mol. The van der Waals surface area contributed by atoms with Crippen LogP contribution in [0.15, 0.2) is 24.3 Å². The minimum Gasteiger partial charge on any atom is -0.496 e. The second-order valence-corrected chi connectivity index (χ2v) is 4.89. The molecule has 0 fully saturated rings. The van der Waals surface area contributed by atoms with Crippen molar-refractivity contribution < 1.29 is 17.9 Å². The zero-order chi connectivity index (χ0) is 12.2. The number of rotatable bonds is 4. The fourth-order valence-electron chi connectivity index (χ4n) is 1.06. The Balaban J connectivity index is 2.97. The van der Waals surface area contributed by atoms with Gasteiger partial charge in [-0.05, 0) is 19.1 Å². The van der Waals surface area contributed by atoms with E-state index in [0.29, 0.717) is 5.75 Å². The minimum absolute atomic E-state index is 0.141. The van der Waals surface area contributed by atoms with Gasteiger partial charge in [-0.1, -0.05) is 12.1 Å². The lowest BCUT2D eigenvalue weighted by molar-refractivity contribution is 0.0975. The van der Waals surface area contributed by atoms with Crippen molar-refractivity contribution in [1.29, 1.82) is 0 Å². The quantitative estimate of drug-likeness (QED) is 0.782. The third-order valence-electron chi connectivity index (χ3n) is 1.92. The van der Waals surface area contributed by atoms with Crippen molar-refractivity contribution in [1.82, 2.24) is 4.72 Å². The topological polar surface area (TPSA) is 74.5 Å². The number of sulfonamides is 1. The van der Waals surface area contributed by atoms with Crippen molar-refractivity contribution in [2.75, 3.05) is 12.9 Å². The smallest absolute Gasteiger partial charge is 0.291 e. The molecule has 5 nitrogen and oxygen atoms in total. The van der Waals surface area contributed by atoms with Crippen LogP contribution in [0.1, 0.15) is 17.3 Å². The van der Waals surface area contributed by atoms with Crippen LogP contribution in [0.3, 0.4) is 0 Å². The molecule has 0 unspecified atom stereocenters. The second kappa shape index (κ2) is 4.98. The zero-order valence-electron chi connectivity index (χ0n) is 9.00. The molecule has 0 spiro atoms. The van der Waals surface area contributed by atoms with Gasteiger partial charge in [-0.15, -0.1) is 4.72 Å². The summed E-state index contributed by atoms with van der Waals surface area (Å²) >= 11 is 0. The van der Waals surface area contributed by atoms with Crippen LogP contribution in [-0.4, -0.2) is 27.2 Å². The number of amides is 1. The molecule has 87 valence electrons. The summed E-state index contributed by atoms with van der Waals surface area (Å²) in [7, 11) is -2.27. The number of carbonyl (C=O) groups excluding carboxylic acids is 1. The molecule has 1 radical (unpaired) electrons. The van der Waals surface area contributed by atoms with Crippen molar-refractivity contribution in [3.05, 3.63) is 29.8 Å². The molecule has 0 N–H and O–H groups in total. The summed E-state index contributed by atoms with van der Waals surface area (Å²) in [6, 6.07) is 6.34. The molecule has 0 heterocycles. The highest BCUT2D eigenvalue weighted by atomic mass is 32.2. The van der Waals surface area contributed by atoms with Crippen LogP contribution in [0.2, 0.25) is 0 Å². The van der Waals surface area contributed by atoms with Gasteiger partial charge in [-0.2, -0.15) is 0 Å². The number of ether oxygens (including phenoxy) is 1. The van der Waals surface area contributed by atoms with Crippen LogP contribution in [0, 0.1) is 0 Å². The third kappa shape index (κ3) is 2.96. The predicted octanol–water partition coefficient (Wildman–Crippen LogP) is 0.790. The fraction of sp³-hybridized carbons (Fsp3) is 0.300. The van der Waals surface area contributed by atoms with E-state index in [2.05, 4.69) is 4.72 Å². The molecule has 1 amide bonds. The van der Waals surface area contributed by atoms with Gasteiger partial charge in [-0.3, -0.25) is 4.79 Å². The van der Waals surface area contributed by atoms with E-state index >= 15 is 0 Å². The SMILES string of the molecule is CCS(=O)(=O)[N]C(=O)c1ccccc1OC. The number of hydrogen-bond donors (Lipinski definition) is 0.